The average Bonchev–Trinajstić information content (AvgIpc) is 2.18. The Bertz CT molecular complexity index is 331. The van der Waals surface area contributed by atoms with Crippen LogP contribution in [0.25, 0.3) is 0 Å². The Kier molecular flexibility index (Phi) is 2.81. The summed E-state index contributed by atoms with van der Waals surface area (Å²) in [6, 6.07) is 8.33. The van der Waals surface area contributed by atoms with E-state index in [1.165, 1.54) is 5.56 Å². The minimum absolute atomic E-state index is 0.269. The van der Waals surface area contributed by atoms with E-state index < -0.39 is 5.79 Å². The summed E-state index contributed by atoms with van der Waals surface area (Å²) in [6.07, 6.45) is 1.24. The lowest BCUT2D eigenvalue weighted by atomic mass is 10.0. The van der Waals surface area contributed by atoms with Crippen molar-refractivity contribution in [3.8, 4) is 0 Å². The standard InChI is InChI=1S/C13H18O2/c1-10-4-6-12(7-5-10)13(3)14-9-8-11(2)15-13/h4-7,11H,8-9H2,1-3H3. The Labute approximate surface area is 91.2 Å². The molecule has 0 bridgehead atoms. The zero-order valence-corrected chi connectivity index (χ0v) is 9.62. The lowest BCUT2D eigenvalue weighted by molar-refractivity contribution is -0.288. The maximum atomic E-state index is 5.88. The van der Waals surface area contributed by atoms with Gasteiger partial charge >= 0.3 is 0 Å². The number of ether oxygens (including phenoxy) is 2. The molecule has 2 heteroatoms. The molecule has 1 saturated heterocycles. The third-order valence-corrected chi connectivity index (χ3v) is 2.90. The minimum atomic E-state index is -0.564. The van der Waals surface area contributed by atoms with Crippen molar-refractivity contribution in [2.24, 2.45) is 0 Å². The van der Waals surface area contributed by atoms with E-state index in [1.54, 1.807) is 0 Å². The quantitative estimate of drug-likeness (QED) is 0.703. The van der Waals surface area contributed by atoms with E-state index in [-0.39, 0.29) is 6.10 Å². The molecule has 1 aliphatic heterocycles. The second-order valence-electron chi connectivity index (χ2n) is 4.38. The molecule has 15 heavy (non-hydrogen) atoms. The van der Waals surface area contributed by atoms with Gasteiger partial charge < -0.3 is 9.47 Å². The normalized spacial score (nSPS) is 31.5. The molecule has 0 saturated carbocycles. The molecule has 2 unspecified atom stereocenters. The Balaban J connectivity index is 2.24. The SMILES string of the molecule is Cc1ccc(C2(C)OCCC(C)O2)cc1. The Morgan fingerprint density at radius 1 is 1.27 bits per heavy atom. The zero-order chi connectivity index (χ0) is 10.9. The van der Waals surface area contributed by atoms with Crippen LogP contribution in [-0.2, 0) is 15.3 Å². The van der Waals surface area contributed by atoms with Gasteiger partial charge in [0.1, 0.15) is 0 Å². The van der Waals surface area contributed by atoms with Gasteiger partial charge in [-0.15, -0.1) is 0 Å². The molecule has 0 radical (unpaired) electrons. The van der Waals surface area contributed by atoms with Crippen molar-refractivity contribution in [1.29, 1.82) is 0 Å². The number of rotatable bonds is 1. The van der Waals surface area contributed by atoms with E-state index in [0.717, 1.165) is 18.6 Å². The first-order chi connectivity index (χ1) is 7.10. The largest absolute Gasteiger partial charge is 0.346 e. The summed E-state index contributed by atoms with van der Waals surface area (Å²) in [6.45, 7) is 6.94. The number of aryl methyl sites for hydroxylation is 1. The summed E-state index contributed by atoms with van der Waals surface area (Å²) < 4.78 is 11.6. The molecule has 82 valence electrons. The van der Waals surface area contributed by atoms with Crippen molar-refractivity contribution in [3.63, 3.8) is 0 Å². The predicted molar refractivity (Wildman–Crippen MR) is 59.6 cm³/mol. The first-order valence-corrected chi connectivity index (χ1v) is 5.49. The molecule has 2 rings (SSSR count). The summed E-state index contributed by atoms with van der Waals surface area (Å²) in [5.74, 6) is -0.564. The van der Waals surface area contributed by atoms with Gasteiger partial charge in [0.2, 0.25) is 0 Å². The molecule has 0 aliphatic carbocycles. The zero-order valence-electron chi connectivity index (χ0n) is 9.62. The first-order valence-electron chi connectivity index (χ1n) is 5.49. The highest BCUT2D eigenvalue weighted by molar-refractivity contribution is 5.24. The van der Waals surface area contributed by atoms with Crippen molar-refractivity contribution in [2.45, 2.75) is 39.1 Å². The molecule has 2 atom stereocenters. The molecule has 0 N–H and O–H groups in total. The van der Waals surface area contributed by atoms with Crippen LogP contribution >= 0.6 is 0 Å². The van der Waals surface area contributed by atoms with Gasteiger partial charge in [-0.05, 0) is 27.2 Å². The van der Waals surface area contributed by atoms with Crippen molar-refractivity contribution in [1.82, 2.24) is 0 Å². The summed E-state index contributed by atoms with van der Waals surface area (Å²) in [5, 5.41) is 0. The molecular formula is C13H18O2. The van der Waals surface area contributed by atoms with Crippen LogP contribution in [0.1, 0.15) is 31.4 Å². The summed E-state index contributed by atoms with van der Waals surface area (Å²) >= 11 is 0. The van der Waals surface area contributed by atoms with Crippen molar-refractivity contribution < 1.29 is 9.47 Å². The third-order valence-electron chi connectivity index (χ3n) is 2.90. The lowest BCUT2D eigenvalue weighted by Gasteiger charge is -2.37. The fourth-order valence-electron chi connectivity index (χ4n) is 1.90. The second kappa shape index (κ2) is 3.95. The van der Waals surface area contributed by atoms with Crippen molar-refractivity contribution >= 4 is 0 Å². The van der Waals surface area contributed by atoms with Gasteiger partial charge in [0.15, 0.2) is 5.79 Å². The molecule has 1 aliphatic rings. The van der Waals surface area contributed by atoms with Gasteiger partial charge in [-0.1, -0.05) is 29.8 Å². The fourth-order valence-corrected chi connectivity index (χ4v) is 1.90. The highest BCUT2D eigenvalue weighted by atomic mass is 16.7. The number of hydrogen-bond donors (Lipinski definition) is 0. The van der Waals surface area contributed by atoms with Crippen LogP contribution in [0.3, 0.4) is 0 Å². The van der Waals surface area contributed by atoms with E-state index in [9.17, 15) is 0 Å². The van der Waals surface area contributed by atoms with Crippen LogP contribution < -0.4 is 0 Å². The molecule has 1 aromatic carbocycles. The number of hydrogen-bond acceptors (Lipinski definition) is 2. The summed E-state index contributed by atoms with van der Waals surface area (Å²) in [5.41, 5.74) is 2.35. The maximum Gasteiger partial charge on any atom is 0.192 e. The Morgan fingerprint density at radius 3 is 2.53 bits per heavy atom. The Morgan fingerprint density at radius 2 is 1.93 bits per heavy atom. The van der Waals surface area contributed by atoms with E-state index >= 15 is 0 Å². The van der Waals surface area contributed by atoms with Crippen LogP contribution in [0.2, 0.25) is 0 Å². The van der Waals surface area contributed by atoms with Crippen molar-refractivity contribution in [2.75, 3.05) is 6.61 Å². The molecule has 2 nitrogen and oxygen atoms in total. The van der Waals surface area contributed by atoms with E-state index in [1.807, 2.05) is 6.92 Å². The highest BCUT2D eigenvalue weighted by Gasteiger charge is 2.33. The molecule has 1 aromatic rings. The number of benzene rings is 1. The summed E-state index contributed by atoms with van der Waals surface area (Å²) in [4.78, 5) is 0. The van der Waals surface area contributed by atoms with E-state index in [2.05, 4.69) is 38.1 Å². The van der Waals surface area contributed by atoms with Gasteiger partial charge in [-0.2, -0.15) is 0 Å². The highest BCUT2D eigenvalue weighted by Crippen LogP contribution is 2.32. The molecule has 1 heterocycles. The molecule has 1 fully saturated rings. The molecule has 0 spiro atoms. The van der Waals surface area contributed by atoms with E-state index in [4.69, 9.17) is 9.47 Å². The monoisotopic (exact) mass is 206 g/mol. The minimum Gasteiger partial charge on any atom is -0.346 e. The van der Waals surface area contributed by atoms with Crippen LogP contribution in [-0.4, -0.2) is 12.7 Å². The van der Waals surface area contributed by atoms with Crippen LogP contribution in [0.4, 0.5) is 0 Å². The predicted octanol–water partition coefficient (Wildman–Crippen LogP) is 2.99. The van der Waals surface area contributed by atoms with Crippen molar-refractivity contribution in [3.05, 3.63) is 35.4 Å². The second-order valence-corrected chi connectivity index (χ2v) is 4.38. The molecule has 0 aromatic heterocycles. The van der Waals surface area contributed by atoms with Crippen LogP contribution in [0.15, 0.2) is 24.3 Å². The smallest absolute Gasteiger partial charge is 0.192 e. The average molecular weight is 206 g/mol. The van der Waals surface area contributed by atoms with Gasteiger partial charge in [0.25, 0.3) is 0 Å². The van der Waals surface area contributed by atoms with Crippen LogP contribution in [0, 0.1) is 6.92 Å². The van der Waals surface area contributed by atoms with Gasteiger partial charge in [0.05, 0.1) is 12.7 Å². The van der Waals surface area contributed by atoms with Crippen LogP contribution in [0.5, 0.6) is 0 Å². The fraction of sp³-hybridized carbons (Fsp3) is 0.538. The van der Waals surface area contributed by atoms with Gasteiger partial charge in [0, 0.05) is 5.56 Å². The topological polar surface area (TPSA) is 18.5 Å². The Hall–Kier alpha value is -0.860. The molecular weight excluding hydrogens is 188 g/mol. The third kappa shape index (κ3) is 2.21. The van der Waals surface area contributed by atoms with Gasteiger partial charge in [-0.25, -0.2) is 0 Å². The molecule has 0 amide bonds. The van der Waals surface area contributed by atoms with E-state index in [0.29, 0.717) is 0 Å². The maximum absolute atomic E-state index is 5.88. The summed E-state index contributed by atoms with van der Waals surface area (Å²) in [7, 11) is 0. The lowest BCUT2D eigenvalue weighted by Crippen LogP contribution is -2.38. The van der Waals surface area contributed by atoms with Gasteiger partial charge in [-0.3, -0.25) is 0 Å². The first kappa shape index (κ1) is 10.7.